The maximum Gasteiger partial charge on any atom is 0.231 e. The molecule has 0 aromatic heterocycles. The number of carbonyl (C=O) groups excluding carboxylic acids is 2. The fraction of sp³-hybridized carbons (Fsp3) is 0.333. The van der Waals surface area contributed by atoms with Gasteiger partial charge in [-0.05, 0) is 19.1 Å². The van der Waals surface area contributed by atoms with Crippen LogP contribution in [0.3, 0.4) is 0 Å². The van der Waals surface area contributed by atoms with Crippen LogP contribution in [0.2, 0.25) is 0 Å². The van der Waals surface area contributed by atoms with Gasteiger partial charge in [0.15, 0.2) is 0 Å². The molecule has 1 aromatic carbocycles. The largest absolute Gasteiger partial charge is 0.494 e. The standard InChI is InChI=1S/C8H10O.C2H6.2CHNO/c1-2-9-8-6-4-3-5-7-8;1-2;2*2-1-3/h3-7H,2H2,1H3;1-2H3;2*2H. The lowest BCUT2D eigenvalue weighted by Crippen LogP contribution is -1.89. The molecule has 0 bridgehead atoms. The predicted octanol–water partition coefficient (Wildman–Crippen LogP) is 2.91. The fourth-order valence-corrected chi connectivity index (χ4v) is 0.683. The third-order valence-corrected chi connectivity index (χ3v) is 1.05. The van der Waals surface area contributed by atoms with Gasteiger partial charge >= 0.3 is 0 Å². The summed E-state index contributed by atoms with van der Waals surface area (Å²) in [6.07, 6.45) is 1.50. The number of isocyanates is 2. The van der Waals surface area contributed by atoms with Gasteiger partial charge < -0.3 is 4.74 Å². The molecule has 0 aliphatic carbocycles. The Labute approximate surface area is 101 Å². The third-order valence-electron chi connectivity index (χ3n) is 1.05. The maximum absolute atomic E-state index is 8.35. The van der Waals surface area contributed by atoms with Crippen molar-refractivity contribution in [2.45, 2.75) is 20.8 Å². The molecular formula is C12H18N2O3. The van der Waals surface area contributed by atoms with Crippen molar-refractivity contribution in [1.29, 1.82) is 10.8 Å². The zero-order valence-electron chi connectivity index (χ0n) is 10.3. The number of nitrogens with one attached hydrogen (secondary N) is 2. The highest BCUT2D eigenvalue weighted by molar-refractivity contribution is 5.26. The summed E-state index contributed by atoms with van der Waals surface area (Å²) in [4.78, 5) is 16.7. The Kier molecular flexibility index (Phi) is 28.0. The molecule has 1 aromatic rings. The third kappa shape index (κ3) is 24.8. The summed E-state index contributed by atoms with van der Waals surface area (Å²) in [5.41, 5.74) is 0. The summed E-state index contributed by atoms with van der Waals surface area (Å²) in [5, 5.41) is 10.8. The number of hydrogen-bond donors (Lipinski definition) is 2. The molecule has 1 rings (SSSR count). The summed E-state index contributed by atoms with van der Waals surface area (Å²) in [5.74, 6) is 0.944. The number of benzene rings is 1. The molecule has 17 heavy (non-hydrogen) atoms. The van der Waals surface area contributed by atoms with Gasteiger partial charge in [0.25, 0.3) is 0 Å². The Hall–Kier alpha value is -2.22. The van der Waals surface area contributed by atoms with Crippen LogP contribution in [0.5, 0.6) is 5.75 Å². The van der Waals surface area contributed by atoms with Crippen LogP contribution in [0.15, 0.2) is 30.3 Å². The van der Waals surface area contributed by atoms with Crippen LogP contribution >= 0.6 is 0 Å². The van der Waals surface area contributed by atoms with Crippen LogP contribution in [-0.4, -0.2) is 18.8 Å². The Morgan fingerprint density at radius 2 is 1.41 bits per heavy atom. The van der Waals surface area contributed by atoms with Crippen molar-refractivity contribution < 1.29 is 14.3 Å². The average Bonchev–Trinajstić information content (AvgIpc) is 2.35. The van der Waals surface area contributed by atoms with Gasteiger partial charge in [0.1, 0.15) is 5.75 Å². The molecule has 2 N–H and O–H groups in total. The molecule has 0 amide bonds. The van der Waals surface area contributed by atoms with Crippen LogP contribution in [0.25, 0.3) is 0 Å². The predicted molar refractivity (Wildman–Crippen MR) is 65.8 cm³/mol. The highest BCUT2D eigenvalue weighted by Crippen LogP contribution is 2.06. The summed E-state index contributed by atoms with van der Waals surface area (Å²) >= 11 is 0. The number of rotatable bonds is 2. The fourth-order valence-electron chi connectivity index (χ4n) is 0.683. The molecule has 0 heterocycles. The van der Waals surface area contributed by atoms with Crippen LogP contribution < -0.4 is 4.74 Å². The molecule has 0 aliphatic rings. The molecule has 5 nitrogen and oxygen atoms in total. The van der Waals surface area contributed by atoms with E-state index in [0.29, 0.717) is 0 Å². The lowest BCUT2D eigenvalue weighted by molar-refractivity contribution is 0.340. The molecule has 0 unspecified atom stereocenters. The van der Waals surface area contributed by atoms with E-state index in [0.717, 1.165) is 24.5 Å². The van der Waals surface area contributed by atoms with Crippen molar-refractivity contribution in [1.82, 2.24) is 0 Å². The first kappa shape index (κ1) is 20.2. The van der Waals surface area contributed by atoms with Crippen molar-refractivity contribution >= 4 is 12.2 Å². The lowest BCUT2D eigenvalue weighted by atomic mass is 10.3. The van der Waals surface area contributed by atoms with Gasteiger partial charge in [0.05, 0.1) is 6.61 Å². The smallest absolute Gasteiger partial charge is 0.231 e. The van der Waals surface area contributed by atoms with Crippen LogP contribution in [0, 0.1) is 10.8 Å². The van der Waals surface area contributed by atoms with E-state index < -0.39 is 0 Å². The zero-order chi connectivity index (χ0) is 13.9. The van der Waals surface area contributed by atoms with Crippen LogP contribution in [0.1, 0.15) is 20.8 Å². The minimum atomic E-state index is 0.740. The first-order valence-electron chi connectivity index (χ1n) is 5.02. The minimum absolute atomic E-state index is 0.740. The zero-order valence-corrected chi connectivity index (χ0v) is 10.3. The van der Waals surface area contributed by atoms with Gasteiger partial charge in [0.2, 0.25) is 12.2 Å². The van der Waals surface area contributed by atoms with Gasteiger partial charge in [-0.1, -0.05) is 32.0 Å². The van der Waals surface area contributed by atoms with E-state index >= 15 is 0 Å². The number of para-hydroxylation sites is 1. The summed E-state index contributed by atoms with van der Waals surface area (Å²) in [6.45, 7) is 6.72. The second kappa shape index (κ2) is 23.5. The highest BCUT2D eigenvalue weighted by atomic mass is 16.5. The van der Waals surface area contributed by atoms with E-state index in [-0.39, 0.29) is 0 Å². The van der Waals surface area contributed by atoms with Crippen molar-refractivity contribution in [3.05, 3.63) is 30.3 Å². The number of ether oxygens (including phenoxy) is 1. The molecule has 0 atom stereocenters. The second-order valence-electron chi connectivity index (χ2n) is 1.95. The summed E-state index contributed by atoms with van der Waals surface area (Å²) in [7, 11) is 0. The van der Waals surface area contributed by atoms with E-state index in [1.165, 1.54) is 0 Å². The van der Waals surface area contributed by atoms with E-state index in [1.54, 1.807) is 0 Å². The molecule has 0 saturated carbocycles. The first-order chi connectivity index (χ1) is 8.26. The highest BCUT2D eigenvalue weighted by Gasteiger charge is 1.83. The normalized spacial score (nSPS) is 6.06. The van der Waals surface area contributed by atoms with Gasteiger partial charge in [-0.25, -0.2) is 20.4 Å². The Bertz CT molecular complexity index is 289. The second-order valence-corrected chi connectivity index (χ2v) is 1.95. The Morgan fingerprint density at radius 1 is 1.06 bits per heavy atom. The SMILES string of the molecule is CC.CCOc1ccccc1.N=C=O.N=C=O. The molecule has 0 fully saturated rings. The monoisotopic (exact) mass is 238 g/mol. The van der Waals surface area contributed by atoms with Crippen molar-refractivity contribution in [3.8, 4) is 5.75 Å². The molecule has 0 saturated heterocycles. The molecular weight excluding hydrogens is 220 g/mol. The number of hydrogen-bond acceptors (Lipinski definition) is 5. The van der Waals surface area contributed by atoms with Crippen molar-refractivity contribution in [2.75, 3.05) is 6.61 Å². The molecule has 0 aliphatic heterocycles. The average molecular weight is 238 g/mol. The van der Waals surface area contributed by atoms with Gasteiger partial charge in [-0.3, -0.25) is 0 Å². The summed E-state index contributed by atoms with van der Waals surface area (Å²) in [6, 6.07) is 9.80. The van der Waals surface area contributed by atoms with Crippen LogP contribution in [-0.2, 0) is 9.59 Å². The quantitative estimate of drug-likeness (QED) is 0.613. The molecule has 0 radical (unpaired) electrons. The van der Waals surface area contributed by atoms with Crippen LogP contribution in [0.4, 0.5) is 0 Å². The van der Waals surface area contributed by atoms with Crippen molar-refractivity contribution in [3.63, 3.8) is 0 Å². The van der Waals surface area contributed by atoms with Crippen molar-refractivity contribution in [2.24, 2.45) is 0 Å². The first-order valence-corrected chi connectivity index (χ1v) is 5.02. The van der Waals surface area contributed by atoms with Gasteiger partial charge in [0, 0.05) is 0 Å². The lowest BCUT2D eigenvalue weighted by Gasteiger charge is -1.99. The van der Waals surface area contributed by atoms with E-state index in [9.17, 15) is 0 Å². The van der Waals surface area contributed by atoms with Gasteiger partial charge in [-0.15, -0.1) is 0 Å². The topological polar surface area (TPSA) is 91.1 Å². The summed E-state index contributed by atoms with van der Waals surface area (Å²) < 4.78 is 5.21. The van der Waals surface area contributed by atoms with E-state index in [2.05, 4.69) is 0 Å². The van der Waals surface area contributed by atoms with E-state index in [4.69, 9.17) is 25.1 Å². The molecule has 5 heteroatoms. The molecule has 0 spiro atoms. The Morgan fingerprint density at radius 3 is 1.71 bits per heavy atom. The Balaban J connectivity index is -0.000000207. The maximum atomic E-state index is 8.35. The van der Waals surface area contributed by atoms with E-state index in [1.807, 2.05) is 51.1 Å². The minimum Gasteiger partial charge on any atom is -0.494 e. The van der Waals surface area contributed by atoms with Gasteiger partial charge in [-0.2, -0.15) is 0 Å². The molecule has 94 valence electrons.